The summed E-state index contributed by atoms with van der Waals surface area (Å²) in [5.74, 6) is 5.36. The van der Waals surface area contributed by atoms with Crippen molar-refractivity contribution >= 4 is 27.0 Å². The van der Waals surface area contributed by atoms with E-state index >= 15 is 0 Å². The van der Waals surface area contributed by atoms with Crippen LogP contribution in [0.25, 0.3) is 16.9 Å². The zero-order valence-corrected chi connectivity index (χ0v) is 21.4. The molecule has 206 valence electrons. The average Bonchev–Trinajstić information content (AvgIpc) is 3.53. The van der Waals surface area contributed by atoms with E-state index in [1.807, 2.05) is 0 Å². The number of fused-ring (bicyclic) bond motifs is 1. The maximum Gasteiger partial charge on any atom is 0.416 e. The number of aromatic nitrogens is 3. The number of nitrogens with zero attached hydrogens (tertiary/aromatic N) is 4. The Bertz CT molecular complexity index is 1650. The number of rotatable bonds is 8. The molecule has 8 nitrogen and oxygen atoms in total. The first-order valence-electron chi connectivity index (χ1n) is 11.1. The molecule has 0 atom stereocenters. The lowest BCUT2D eigenvalue weighted by atomic mass is 10.1. The van der Waals surface area contributed by atoms with E-state index in [1.54, 1.807) is 0 Å². The molecule has 1 aromatic carbocycles. The highest BCUT2D eigenvalue weighted by Crippen LogP contribution is 2.33. The van der Waals surface area contributed by atoms with Crippen LogP contribution < -0.4 is 0 Å². The summed E-state index contributed by atoms with van der Waals surface area (Å²) in [6, 6.07) is 9.14. The molecule has 0 amide bonds. The molecule has 0 saturated heterocycles. The van der Waals surface area contributed by atoms with Crippen LogP contribution in [0, 0.1) is 11.8 Å². The third-order valence-corrected chi connectivity index (χ3v) is 8.72. The third kappa shape index (κ3) is 6.26. The fourth-order valence-corrected chi connectivity index (χ4v) is 6.31. The predicted octanol–water partition coefficient (Wildman–Crippen LogP) is 3.79. The lowest BCUT2D eigenvalue weighted by molar-refractivity contribution is -0.137. The van der Waals surface area contributed by atoms with Crippen LogP contribution in [-0.2, 0) is 16.2 Å². The average molecular weight is 587 g/mol. The highest BCUT2D eigenvalue weighted by atomic mass is 32.2. The molecule has 3 heterocycles. The van der Waals surface area contributed by atoms with E-state index in [0.717, 1.165) is 44.4 Å². The van der Waals surface area contributed by atoms with Crippen LogP contribution in [0.5, 0.6) is 0 Å². The maximum absolute atomic E-state index is 13.8. The van der Waals surface area contributed by atoms with Crippen LogP contribution in [0.1, 0.15) is 28.3 Å². The standard InChI is InChI=1S/C24H19F5N4O4S2/c25-23(26)20-14-19(15-2-1-3-16(12-15)24(27,28)29)30-21-13-17(31-33(20)21)4-5-18-6-7-22(38-18)39(36,37)32(8-10-34)9-11-35/h1-3,6-7,12-14,23,34-35H,8-11H2. The molecule has 15 heteroatoms. The van der Waals surface area contributed by atoms with Crippen molar-refractivity contribution in [2.45, 2.75) is 16.8 Å². The molecule has 39 heavy (non-hydrogen) atoms. The first-order chi connectivity index (χ1) is 18.4. The second-order valence-corrected chi connectivity index (χ2v) is 11.2. The van der Waals surface area contributed by atoms with Crippen molar-refractivity contribution in [3.8, 4) is 23.1 Å². The minimum atomic E-state index is -4.62. The van der Waals surface area contributed by atoms with Gasteiger partial charge in [0.25, 0.3) is 16.4 Å². The lowest BCUT2D eigenvalue weighted by Gasteiger charge is -2.18. The van der Waals surface area contributed by atoms with E-state index in [0.29, 0.717) is 4.88 Å². The molecule has 0 fully saturated rings. The van der Waals surface area contributed by atoms with Crippen LogP contribution in [0.4, 0.5) is 22.0 Å². The number of aliphatic hydroxyl groups is 2. The minimum absolute atomic E-state index is 0.00757. The molecule has 0 aliphatic carbocycles. The molecule has 4 rings (SSSR count). The summed E-state index contributed by atoms with van der Waals surface area (Å²) in [4.78, 5) is 4.50. The van der Waals surface area contributed by atoms with Gasteiger partial charge in [0.2, 0.25) is 0 Å². The number of benzene rings is 1. The van der Waals surface area contributed by atoms with Gasteiger partial charge < -0.3 is 10.2 Å². The number of sulfonamides is 1. The van der Waals surface area contributed by atoms with Crippen LogP contribution in [0.15, 0.2) is 52.7 Å². The summed E-state index contributed by atoms with van der Waals surface area (Å²) >= 11 is 0.828. The van der Waals surface area contributed by atoms with Gasteiger partial charge in [-0.25, -0.2) is 26.7 Å². The van der Waals surface area contributed by atoms with Crippen molar-refractivity contribution < 1.29 is 40.6 Å². The van der Waals surface area contributed by atoms with Gasteiger partial charge in [-0.15, -0.1) is 11.3 Å². The first-order valence-corrected chi connectivity index (χ1v) is 13.4. The molecule has 4 aromatic rings. The third-order valence-electron chi connectivity index (χ3n) is 5.35. The Kier molecular flexibility index (Phi) is 8.33. The molecule has 3 aromatic heterocycles. The van der Waals surface area contributed by atoms with E-state index in [2.05, 4.69) is 21.9 Å². The normalized spacial score (nSPS) is 12.3. The summed E-state index contributed by atoms with van der Waals surface area (Å²) < 4.78 is 94.2. The topological polar surface area (TPSA) is 108 Å². The van der Waals surface area contributed by atoms with E-state index in [9.17, 15) is 30.4 Å². The largest absolute Gasteiger partial charge is 0.416 e. The zero-order valence-electron chi connectivity index (χ0n) is 19.7. The number of aliphatic hydroxyl groups excluding tert-OH is 2. The van der Waals surface area contributed by atoms with Gasteiger partial charge in [0.15, 0.2) is 5.65 Å². The molecule has 0 aliphatic heterocycles. The Morgan fingerprint density at radius 3 is 2.38 bits per heavy atom. The number of hydrogen-bond acceptors (Lipinski definition) is 7. The molecule has 0 unspecified atom stereocenters. The van der Waals surface area contributed by atoms with Crippen molar-refractivity contribution in [3.05, 3.63) is 70.4 Å². The fourth-order valence-electron chi connectivity index (χ4n) is 3.57. The van der Waals surface area contributed by atoms with Gasteiger partial charge in [-0.3, -0.25) is 0 Å². The maximum atomic E-state index is 13.8. The summed E-state index contributed by atoms with van der Waals surface area (Å²) in [6.07, 6.45) is -7.64. The molecule has 0 saturated carbocycles. The molecular formula is C24H19F5N4O4S2. The van der Waals surface area contributed by atoms with Crippen LogP contribution in [0.3, 0.4) is 0 Å². The molecular weight excluding hydrogens is 567 g/mol. The SMILES string of the molecule is O=S(=O)(c1ccc(C#Cc2cc3nc(-c4cccc(C(F)(F)F)c4)cc(C(F)F)n3n2)s1)N(CCO)CCO. The monoisotopic (exact) mass is 586 g/mol. The van der Waals surface area contributed by atoms with Crippen LogP contribution >= 0.6 is 11.3 Å². The highest BCUT2D eigenvalue weighted by molar-refractivity contribution is 7.91. The van der Waals surface area contributed by atoms with Gasteiger partial charge in [0.1, 0.15) is 15.6 Å². The van der Waals surface area contributed by atoms with E-state index in [4.69, 9.17) is 10.2 Å². The zero-order chi connectivity index (χ0) is 28.4. The molecule has 0 radical (unpaired) electrons. The second-order valence-electron chi connectivity index (χ2n) is 7.97. The van der Waals surface area contributed by atoms with Gasteiger partial charge in [-0.05, 0) is 42.2 Å². The molecule has 0 spiro atoms. The van der Waals surface area contributed by atoms with Crippen LogP contribution in [-0.4, -0.2) is 63.8 Å². The Morgan fingerprint density at radius 2 is 1.74 bits per heavy atom. The minimum Gasteiger partial charge on any atom is -0.395 e. The molecule has 0 bridgehead atoms. The van der Waals surface area contributed by atoms with Crippen molar-refractivity contribution in [2.75, 3.05) is 26.3 Å². The Balaban J connectivity index is 1.68. The van der Waals surface area contributed by atoms with E-state index in [1.165, 1.54) is 24.3 Å². The van der Waals surface area contributed by atoms with Gasteiger partial charge >= 0.3 is 6.18 Å². The van der Waals surface area contributed by atoms with Gasteiger partial charge in [0.05, 0.1) is 29.3 Å². The number of hydrogen-bond donors (Lipinski definition) is 2. The van der Waals surface area contributed by atoms with Crippen molar-refractivity contribution in [2.24, 2.45) is 0 Å². The van der Waals surface area contributed by atoms with Crippen LogP contribution in [0.2, 0.25) is 0 Å². The number of halogens is 5. The van der Waals surface area contributed by atoms with E-state index in [-0.39, 0.29) is 39.9 Å². The smallest absolute Gasteiger partial charge is 0.395 e. The van der Waals surface area contributed by atoms with Crippen molar-refractivity contribution in [1.82, 2.24) is 18.9 Å². The summed E-state index contributed by atoms with van der Waals surface area (Å²) in [5, 5.41) is 22.2. The molecule has 2 N–H and O–H groups in total. The fraction of sp³-hybridized carbons (Fsp3) is 0.250. The second kappa shape index (κ2) is 11.4. The molecule has 0 aliphatic rings. The van der Waals surface area contributed by atoms with Gasteiger partial charge in [-0.2, -0.15) is 22.6 Å². The summed E-state index contributed by atoms with van der Waals surface area (Å²) in [6.45, 7) is -1.28. The van der Waals surface area contributed by atoms with Gasteiger partial charge in [-0.1, -0.05) is 12.1 Å². The highest BCUT2D eigenvalue weighted by Gasteiger charge is 2.31. The van der Waals surface area contributed by atoms with Crippen molar-refractivity contribution in [3.63, 3.8) is 0 Å². The Labute approximate surface area is 223 Å². The Hall–Kier alpha value is -3.42. The Morgan fingerprint density at radius 1 is 1.03 bits per heavy atom. The summed E-state index contributed by atoms with van der Waals surface area (Å²) in [7, 11) is -3.99. The van der Waals surface area contributed by atoms with Gasteiger partial charge in [0, 0.05) is 24.7 Å². The first kappa shape index (κ1) is 28.6. The number of alkyl halides is 5. The van der Waals surface area contributed by atoms with Crippen molar-refractivity contribution in [1.29, 1.82) is 0 Å². The van der Waals surface area contributed by atoms with E-state index < -0.39 is 47.1 Å². The predicted molar refractivity (Wildman–Crippen MR) is 132 cm³/mol. The number of thiophene rings is 1. The summed E-state index contributed by atoms with van der Waals surface area (Å²) in [5.41, 5.74) is -1.71. The lowest BCUT2D eigenvalue weighted by Crippen LogP contribution is -2.35. The quantitative estimate of drug-likeness (QED) is 0.240.